The van der Waals surface area contributed by atoms with Crippen LogP contribution in [-0.4, -0.2) is 296 Å². The number of ether oxygens (including phenoxy) is 2. The largest absolute Gasteiger partial charge is 0.508 e. The van der Waals surface area contributed by atoms with Gasteiger partial charge in [-0.05, 0) is 144 Å². The second-order valence-electron chi connectivity index (χ2n) is 36.8. The van der Waals surface area contributed by atoms with Crippen LogP contribution in [0, 0.1) is 29.1 Å². The first kappa shape index (κ1) is 111. The number of amides is 16. The summed E-state index contributed by atoms with van der Waals surface area (Å²) in [7, 11) is 0. The molecule has 0 spiro atoms. The average molecular weight is 1990 g/mol. The summed E-state index contributed by atoms with van der Waals surface area (Å²) in [4.78, 5) is 314. The molecule has 1 aromatic heterocycles. The first-order chi connectivity index (χ1) is 67.4. The molecule has 1 aliphatic carbocycles. The van der Waals surface area contributed by atoms with Gasteiger partial charge in [0, 0.05) is 74.3 Å². The molecule has 9 rings (SSSR count). The molecule has 4 aliphatic heterocycles. The Kier molecular flexibility index (Phi) is 41.4. The summed E-state index contributed by atoms with van der Waals surface area (Å²) < 4.78 is 11.7. The molecule has 1 saturated carbocycles. The fourth-order valence-corrected chi connectivity index (χ4v) is 17.4. The van der Waals surface area contributed by atoms with E-state index in [1.54, 1.807) is 68.4 Å². The Morgan fingerprint density at radius 3 is 1.87 bits per heavy atom. The van der Waals surface area contributed by atoms with Crippen LogP contribution in [0.3, 0.4) is 0 Å². The molecule has 772 valence electrons. The van der Waals surface area contributed by atoms with E-state index in [0.717, 1.165) is 18.7 Å². The summed E-state index contributed by atoms with van der Waals surface area (Å²) in [5.74, 6) is -29.4. The van der Waals surface area contributed by atoms with Crippen LogP contribution in [0.5, 0.6) is 5.75 Å². The van der Waals surface area contributed by atoms with Gasteiger partial charge in [-0.1, -0.05) is 94.8 Å². The first-order valence-electron chi connectivity index (χ1n) is 47.4. The molecule has 3 aromatic carbocycles. The third-order valence-electron chi connectivity index (χ3n) is 25.0. The summed E-state index contributed by atoms with van der Waals surface area (Å²) in [6.45, 7) is 6.27. The van der Waals surface area contributed by atoms with E-state index >= 15 is 62.3 Å². The van der Waals surface area contributed by atoms with E-state index in [4.69, 9.17) is 26.4 Å². The fraction of sp³-hybridized carbons (Fsp3) is 0.553. The number of hydrogen-bond acceptors (Lipinski definition) is 27. The zero-order valence-corrected chi connectivity index (χ0v) is 79.7. The third kappa shape index (κ3) is 32.7. The van der Waals surface area contributed by atoms with Crippen LogP contribution in [0.4, 0.5) is 0 Å². The van der Waals surface area contributed by atoms with Crippen LogP contribution in [-0.2, 0) is 129 Å². The van der Waals surface area contributed by atoms with Crippen molar-refractivity contribution < 1.29 is 131 Å². The minimum Gasteiger partial charge on any atom is -0.508 e. The number of carbonyl (C=O) groups excluding carboxylic acids is 19. The monoisotopic (exact) mass is 1980 g/mol. The number of Topliss-reactive ketones (excluding diaryl/α,β-unsaturated/α-hetero) is 1. The molecule has 5 aliphatic rings. The number of esters is 2. The highest BCUT2D eigenvalue weighted by Gasteiger charge is 2.47. The SMILES string of the molecule is CC(C)C[C@@H]1NC(=O)[C@@H]2CC(=O)O[C@H](C)[C@H](NC(=O)[C@H](Cc3c[nH]c4ccccc34)NC(=O)[C@@H]3CCCN3C(=O)[C@@H](NC(=O)[C@H](CCC(=O)O)NC(=O)[C@@H](NC(=O)CN)[C@@H](C)O)C(C)C)C(=O)N[C@@H](Cc3ccc(O)cc3)C(=O)N[C@H]3CCCCNC(=O)C[C@@H](C(=O)N[C@@H](CCCNC(=N)N)C(=O)O)NC(=O)[C@H](CCC(=O)OC[C@H](NC(=O)[C@@H]4CCCC4C(=O)[C@H](Cc4ccccc4)NC3=O)C(=O)N2)NC1=O. The number of nitrogens with one attached hydrogen (secondary N) is 18. The number of carboxylic acids is 2. The summed E-state index contributed by atoms with van der Waals surface area (Å²) in [6.07, 6.45) is -9.51. The fourth-order valence-electron chi connectivity index (χ4n) is 17.4. The van der Waals surface area contributed by atoms with Gasteiger partial charge >= 0.3 is 23.9 Å². The van der Waals surface area contributed by atoms with Crippen LogP contribution in [0.15, 0.2) is 85.1 Å². The topological polar surface area (TPSA) is 745 Å². The van der Waals surface area contributed by atoms with Crippen molar-refractivity contribution in [2.24, 2.45) is 35.1 Å². The summed E-state index contributed by atoms with van der Waals surface area (Å²) >= 11 is 0. The van der Waals surface area contributed by atoms with Crippen LogP contribution in [0.25, 0.3) is 10.9 Å². The lowest BCUT2D eigenvalue weighted by Gasteiger charge is -2.33. The number of aromatic hydroxyl groups is 1. The molecule has 4 aromatic rings. The van der Waals surface area contributed by atoms with Crippen molar-refractivity contribution in [3.8, 4) is 5.75 Å². The second-order valence-corrected chi connectivity index (χ2v) is 36.8. The number of fused-ring (bicyclic) bond motifs is 13. The van der Waals surface area contributed by atoms with E-state index in [2.05, 4.69) is 90.1 Å². The van der Waals surface area contributed by atoms with Crippen molar-refractivity contribution in [2.75, 3.05) is 32.8 Å². The molecule has 26 N–H and O–H groups in total. The molecule has 5 fully saturated rings. The molecular formula is C94H129N21O27. The number of aliphatic hydroxyl groups excluding tert-OH is 1. The minimum absolute atomic E-state index is 0.00526. The van der Waals surface area contributed by atoms with Gasteiger partial charge in [-0.25, -0.2) is 4.79 Å². The lowest BCUT2D eigenvalue weighted by molar-refractivity contribution is -0.154. The first-order valence-corrected chi connectivity index (χ1v) is 47.4. The van der Waals surface area contributed by atoms with Crippen molar-refractivity contribution in [3.63, 3.8) is 0 Å². The number of hydrogen-bond donors (Lipinski definition) is 24. The highest BCUT2D eigenvalue weighted by atomic mass is 16.5. The van der Waals surface area contributed by atoms with Gasteiger partial charge in [0.1, 0.15) is 103 Å². The number of ketones is 1. The number of para-hydroxylation sites is 1. The van der Waals surface area contributed by atoms with Crippen molar-refractivity contribution in [1.82, 2.24) is 95.0 Å². The predicted octanol–water partition coefficient (Wildman–Crippen LogP) is -4.72. The minimum atomic E-state index is -2.29. The Morgan fingerprint density at radius 2 is 1.19 bits per heavy atom. The highest BCUT2D eigenvalue weighted by molar-refractivity contribution is 6.04. The maximum absolute atomic E-state index is 16.1. The molecule has 19 atom stereocenters. The lowest BCUT2D eigenvalue weighted by atomic mass is 9.85. The van der Waals surface area contributed by atoms with Gasteiger partial charge in [0.2, 0.25) is 94.5 Å². The Morgan fingerprint density at radius 1 is 0.570 bits per heavy atom. The molecule has 4 saturated heterocycles. The average Bonchev–Trinajstić information content (AvgIpc) is 1.67. The van der Waals surface area contributed by atoms with Gasteiger partial charge in [0.15, 0.2) is 11.7 Å². The van der Waals surface area contributed by atoms with Crippen molar-refractivity contribution in [2.45, 2.75) is 273 Å². The van der Waals surface area contributed by atoms with Crippen molar-refractivity contribution >= 4 is 141 Å². The smallest absolute Gasteiger partial charge is 0.326 e. The molecule has 16 amide bonds. The number of likely N-dealkylation sites (tertiary alicyclic amines) is 1. The zero-order chi connectivity index (χ0) is 104. The Balaban J connectivity index is 1.17. The lowest BCUT2D eigenvalue weighted by Crippen LogP contribution is -2.63. The number of phenolic OH excluding ortho intramolecular Hbond substituents is 1. The number of carboxylic acid groups (broad SMARTS) is 2. The van der Waals surface area contributed by atoms with Crippen LogP contribution < -0.4 is 96.5 Å². The standard InChI is InChI=1S/C94H129N21O27/c1-46(2)37-63-83(129)102-60-31-33-73(122)141-45-68-88(134)108-67(86(132)106-63)42-74(123)142-49(6)77(114-87(133)65(40-52-44-100-57-22-11-10-19-54(52)57)109-89(135)69-25-16-36-115(69)92(138)75(47(3)4)113-82(128)59(30-32-72(120)121)103-90(136)76(48(5)116)112-71(119)43-95)91(137)110-64(39-51-26-28-53(117)29-27-51)84(130)101-58(80(126)105-62(38-50-17-8-7-9-18-50)78(124)55-20-14-21-56(55)79(125)111-68)23-12-13-34-98-70(118)41-66(107-81(60)127)85(131)104-61(93(139)140)24-15-35-99-94(96)97/h7-11,17-19,22,26-29,44,46-49,55-56,58-69,75-77,100,116-117H,12-16,20-21,23-25,30-43,45,95H2,1-6H3,(H,98,118)(H,101,130)(H,102,129)(H,103,136)(H,104,131)(H,105,126)(H,106,132)(H,107,127)(H,108,134)(H,109,135)(H,110,137)(H,111,125)(H,112,119)(H,113,128)(H,114,133)(H,120,121)(H,139,140)(H4,96,97,99)/t48-,49-,55?,56-,58+,59+,60+,61+,62+,63+,64+,65+,66+,67+,68+,69+,75+,76+,77+/m1/s1. The van der Waals surface area contributed by atoms with Crippen LogP contribution >= 0.6 is 0 Å². The third-order valence-corrected chi connectivity index (χ3v) is 25.0. The number of aromatic amines is 1. The number of benzene rings is 3. The van der Waals surface area contributed by atoms with Gasteiger partial charge < -0.3 is 136 Å². The van der Waals surface area contributed by atoms with E-state index in [1.807, 2.05) is 0 Å². The number of guanidine groups is 1. The maximum atomic E-state index is 16.1. The number of aromatic nitrogens is 1. The van der Waals surface area contributed by atoms with E-state index in [0.29, 0.717) is 22.0 Å². The number of rotatable bonds is 31. The van der Waals surface area contributed by atoms with E-state index in [-0.39, 0.29) is 108 Å². The highest BCUT2D eigenvalue weighted by Crippen LogP contribution is 2.35. The number of phenols is 1. The summed E-state index contributed by atoms with van der Waals surface area (Å²) in [6, 6.07) is -7.39. The number of cyclic esters (lactones) is 1. The van der Waals surface area contributed by atoms with Crippen LogP contribution in [0.1, 0.15) is 167 Å². The Bertz CT molecular complexity index is 5270. The van der Waals surface area contributed by atoms with Gasteiger partial charge in [-0.2, -0.15) is 0 Å². The Labute approximate surface area is 816 Å². The van der Waals surface area contributed by atoms with Crippen molar-refractivity contribution in [1.29, 1.82) is 5.41 Å². The number of aliphatic carboxylic acids is 2. The molecule has 48 heteroatoms. The number of nitrogens with two attached hydrogens (primary N) is 2. The van der Waals surface area contributed by atoms with Crippen molar-refractivity contribution in [3.05, 3.63) is 102 Å². The second kappa shape index (κ2) is 53.0. The molecular weight excluding hydrogens is 1860 g/mol. The number of aliphatic hydroxyl groups is 1. The van der Waals surface area contributed by atoms with Gasteiger partial charge in [0.05, 0.1) is 31.5 Å². The summed E-state index contributed by atoms with van der Waals surface area (Å²) in [5.41, 5.74) is 12.4. The molecule has 1 unspecified atom stereocenters. The van der Waals surface area contributed by atoms with Gasteiger partial charge in [-0.15, -0.1) is 0 Å². The summed E-state index contributed by atoms with van der Waals surface area (Å²) in [5, 5.41) is 89.5. The molecule has 4 bridgehead atoms. The predicted molar refractivity (Wildman–Crippen MR) is 502 cm³/mol. The van der Waals surface area contributed by atoms with E-state index in [9.17, 15) is 58.8 Å². The maximum Gasteiger partial charge on any atom is 0.326 e. The number of carbonyl (C=O) groups is 21. The van der Waals surface area contributed by atoms with E-state index < -0.39 is 321 Å². The van der Waals surface area contributed by atoms with Gasteiger partial charge in [0.25, 0.3) is 0 Å². The molecule has 48 nitrogen and oxygen atoms in total. The van der Waals surface area contributed by atoms with E-state index in [1.165, 1.54) is 44.3 Å². The number of H-pyrrole nitrogens is 1. The van der Waals surface area contributed by atoms with Gasteiger partial charge in [-0.3, -0.25) is 101 Å². The van der Waals surface area contributed by atoms with Crippen LogP contribution in [0.2, 0.25) is 0 Å². The normalized spacial score (nSPS) is 24.3. The molecule has 0 radical (unpaired) electrons. The zero-order valence-electron chi connectivity index (χ0n) is 79.7. The molecule has 5 heterocycles. The quantitative estimate of drug-likeness (QED) is 0.00974. The number of nitrogens with zero attached hydrogens (tertiary/aromatic N) is 1. The molecule has 142 heavy (non-hydrogen) atoms. The Hall–Kier alpha value is -14.7.